The first-order chi connectivity index (χ1) is 9.24. The molecule has 1 aromatic rings. The van der Waals surface area contributed by atoms with Crippen LogP contribution in [0.3, 0.4) is 0 Å². The lowest BCUT2D eigenvalue weighted by molar-refractivity contribution is -0.137. The van der Waals surface area contributed by atoms with E-state index in [-0.39, 0.29) is 5.41 Å². The second kappa shape index (κ2) is 6.95. The summed E-state index contributed by atoms with van der Waals surface area (Å²) in [5, 5.41) is 3.11. The maximum Gasteiger partial charge on any atom is 0.417 e. The summed E-state index contributed by atoms with van der Waals surface area (Å²) >= 11 is 0. The minimum Gasteiger partial charge on any atom is -0.370 e. The number of pyridine rings is 1. The number of unbranched alkanes of at least 4 members (excludes halogenated alkanes) is 2. The number of aromatic nitrogens is 1. The van der Waals surface area contributed by atoms with Crippen molar-refractivity contribution in [3.05, 3.63) is 23.9 Å². The van der Waals surface area contributed by atoms with Gasteiger partial charge in [0, 0.05) is 12.7 Å². The van der Waals surface area contributed by atoms with Crippen molar-refractivity contribution in [2.45, 2.75) is 52.6 Å². The number of rotatable bonds is 7. The molecule has 0 aromatic carbocycles. The molecule has 0 aliphatic carbocycles. The maximum atomic E-state index is 12.4. The van der Waals surface area contributed by atoms with Crippen molar-refractivity contribution < 1.29 is 13.2 Å². The molecule has 0 amide bonds. The average molecular weight is 288 g/mol. The number of hydrogen-bond acceptors (Lipinski definition) is 2. The number of anilines is 1. The molecular formula is C15H23F3N2. The Morgan fingerprint density at radius 2 is 1.85 bits per heavy atom. The van der Waals surface area contributed by atoms with E-state index in [4.69, 9.17) is 0 Å². The van der Waals surface area contributed by atoms with E-state index in [2.05, 4.69) is 31.1 Å². The van der Waals surface area contributed by atoms with Gasteiger partial charge in [-0.1, -0.05) is 40.0 Å². The van der Waals surface area contributed by atoms with Crippen LogP contribution >= 0.6 is 0 Å². The molecule has 0 bridgehead atoms. The standard InChI is InChI=1S/C15H23F3N2/c1-4-5-6-9-14(2,3)11-20-13-8-7-12(10-19-13)15(16,17)18/h7-8,10H,4-6,9,11H2,1-3H3,(H,19,20). The van der Waals surface area contributed by atoms with Gasteiger partial charge in [0.05, 0.1) is 5.56 Å². The Kier molecular flexibility index (Phi) is 5.84. The molecule has 0 saturated heterocycles. The molecule has 1 heterocycles. The molecule has 0 aliphatic heterocycles. The topological polar surface area (TPSA) is 24.9 Å². The monoisotopic (exact) mass is 288 g/mol. The SMILES string of the molecule is CCCCCC(C)(C)CNc1ccc(C(F)(F)F)cn1. The smallest absolute Gasteiger partial charge is 0.370 e. The van der Waals surface area contributed by atoms with Gasteiger partial charge < -0.3 is 5.32 Å². The van der Waals surface area contributed by atoms with E-state index in [1.165, 1.54) is 25.3 Å². The highest BCUT2D eigenvalue weighted by molar-refractivity contribution is 5.36. The summed E-state index contributed by atoms with van der Waals surface area (Å²) < 4.78 is 37.2. The van der Waals surface area contributed by atoms with Crippen LogP contribution in [-0.2, 0) is 6.18 Å². The van der Waals surface area contributed by atoms with Gasteiger partial charge in [0.15, 0.2) is 0 Å². The molecule has 114 valence electrons. The third-order valence-corrected chi connectivity index (χ3v) is 3.30. The molecule has 0 unspecified atom stereocenters. The average Bonchev–Trinajstić information content (AvgIpc) is 2.36. The zero-order chi connectivity index (χ0) is 15.2. The Hall–Kier alpha value is -1.26. The Balaban J connectivity index is 2.49. The Labute approximate surface area is 118 Å². The summed E-state index contributed by atoms with van der Waals surface area (Å²) in [4.78, 5) is 3.81. The van der Waals surface area contributed by atoms with Crippen molar-refractivity contribution in [1.82, 2.24) is 4.98 Å². The van der Waals surface area contributed by atoms with Crippen molar-refractivity contribution in [3.8, 4) is 0 Å². The van der Waals surface area contributed by atoms with E-state index in [9.17, 15) is 13.2 Å². The van der Waals surface area contributed by atoms with Crippen LogP contribution in [0.4, 0.5) is 19.0 Å². The Bertz CT molecular complexity index is 397. The van der Waals surface area contributed by atoms with E-state index in [1.807, 2.05) is 0 Å². The Morgan fingerprint density at radius 3 is 2.35 bits per heavy atom. The van der Waals surface area contributed by atoms with Crippen molar-refractivity contribution in [3.63, 3.8) is 0 Å². The largest absolute Gasteiger partial charge is 0.417 e. The van der Waals surface area contributed by atoms with Crippen molar-refractivity contribution in [2.75, 3.05) is 11.9 Å². The minimum atomic E-state index is -4.33. The van der Waals surface area contributed by atoms with Gasteiger partial charge >= 0.3 is 6.18 Å². The third kappa shape index (κ3) is 5.80. The van der Waals surface area contributed by atoms with Gasteiger partial charge in [-0.3, -0.25) is 0 Å². The summed E-state index contributed by atoms with van der Waals surface area (Å²) in [5.41, 5.74) is -0.607. The van der Waals surface area contributed by atoms with Crippen LogP contribution < -0.4 is 5.32 Å². The number of nitrogens with one attached hydrogen (secondary N) is 1. The highest BCUT2D eigenvalue weighted by atomic mass is 19.4. The molecule has 20 heavy (non-hydrogen) atoms. The fraction of sp³-hybridized carbons (Fsp3) is 0.667. The molecule has 1 N–H and O–H groups in total. The van der Waals surface area contributed by atoms with E-state index in [0.29, 0.717) is 12.4 Å². The molecule has 0 spiro atoms. The second-order valence-corrected chi connectivity index (χ2v) is 5.90. The van der Waals surface area contributed by atoms with Gasteiger partial charge in [0.2, 0.25) is 0 Å². The quantitative estimate of drug-likeness (QED) is 0.704. The van der Waals surface area contributed by atoms with Crippen molar-refractivity contribution in [1.29, 1.82) is 0 Å². The molecular weight excluding hydrogens is 265 g/mol. The van der Waals surface area contributed by atoms with E-state index in [1.54, 1.807) is 0 Å². The normalized spacial score (nSPS) is 12.5. The second-order valence-electron chi connectivity index (χ2n) is 5.90. The predicted molar refractivity (Wildman–Crippen MR) is 75.7 cm³/mol. The predicted octanol–water partition coefficient (Wildman–Crippen LogP) is 5.12. The summed E-state index contributed by atoms with van der Waals surface area (Å²) in [6, 6.07) is 2.43. The van der Waals surface area contributed by atoms with Crippen LogP contribution in [0.25, 0.3) is 0 Å². The minimum absolute atomic E-state index is 0.111. The maximum absolute atomic E-state index is 12.4. The lowest BCUT2D eigenvalue weighted by Gasteiger charge is -2.25. The summed E-state index contributed by atoms with van der Waals surface area (Å²) in [7, 11) is 0. The lowest BCUT2D eigenvalue weighted by Crippen LogP contribution is -2.23. The highest BCUT2D eigenvalue weighted by Gasteiger charge is 2.30. The van der Waals surface area contributed by atoms with E-state index < -0.39 is 11.7 Å². The first-order valence-corrected chi connectivity index (χ1v) is 7.02. The van der Waals surface area contributed by atoms with Gasteiger partial charge in [-0.2, -0.15) is 13.2 Å². The van der Waals surface area contributed by atoms with Gasteiger partial charge in [-0.15, -0.1) is 0 Å². The van der Waals surface area contributed by atoms with Crippen molar-refractivity contribution in [2.24, 2.45) is 5.41 Å². The number of hydrogen-bond donors (Lipinski definition) is 1. The highest BCUT2D eigenvalue weighted by Crippen LogP contribution is 2.29. The van der Waals surface area contributed by atoms with E-state index in [0.717, 1.165) is 18.7 Å². The first kappa shape index (κ1) is 16.8. The van der Waals surface area contributed by atoms with Crippen LogP contribution in [0.2, 0.25) is 0 Å². The molecule has 2 nitrogen and oxygen atoms in total. The van der Waals surface area contributed by atoms with E-state index >= 15 is 0 Å². The van der Waals surface area contributed by atoms with Gasteiger partial charge in [-0.05, 0) is 24.0 Å². The molecule has 1 aromatic heterocycles. The van der Waals surface area contributed by atoms with Crippen LogP contribution in [0, 0.1) is 5.41 Å². The molecule has 0 atom stereocenters. The summed E-state index contributed by atoms with van der Waals surface area (Å²) in [6.45, 7) is 7.17. The van der Waals surface area contributed by atoms with Crippen LogP contribution in [0.1, 0.15) is 52.0 Å². The molecule has 0 saturated carbocycles. The zero-order valence-corrected chi connectivity index (χ0v) is 12.3. The zero-order valence-electron chi connectivity index (χ0n) is 12.3. The van der Waals surface area contributed by atoms with Gasteiger partial charge in [0.25, 0.3) is 0 Å². The van der Waals surface area contributed by atoms with Crippen LogP contribution in [0.5, 0.6) is 0 Å². The van der Waals surface area contributed by atoms with Crippen molar-refractivity contribution >= 4 is 5.82 Å². The lowest BCUT2D eigenvalue weighted by atomic mass is 9.87. The number of nitrogens with zero attached hydrogens (tertiary/aromatic N) is 1. The molecule has 0 aliphatic rings. The van der Waals surface area contributed by atoms with Gasteiger partial charge in [0.1, 0.15) is 5.82 Å². The fourth-order valence-corrected chi connectivity index (χ4v) is 1.94. The number of halogens is 3. The first-order valence-electron chi connectivity index (χ1n) is 7.02. The summed E-state index contributed by atoms with van der Waals surface area (Å²) in [6.07, 6.45) is 1.20. The van der Waals surface area contributed by atoms with Gasteiger partial charge in [-0.25, -0.2) is 4.98 Å². The molecule has 0 radical (unpaired) electrons. The molecule has 0 fully saturated rings. The molecule has 5 heteroatoms. The molecule has 1 rings (SSSR count). The fourth-order valence-electron chi connectivity index (χ4n) is 1.94. The van der Waals surface area contributed by atoms with Crippen LogP contribution in [0.15, 0.2) is 18.3 Å². The third-order valence-electron chi connectivity index (χ3n) is 3.30. The summed E-state index contributed by atoms with van der Waals surface area (Å²) in [5.74, 6) is 0.488. The van der Waals surface area contributed by atoms with Crippen LogP contribution in [-0.4, -0.2) is 11.5 Å². The number of alkyl halides is 3. The Morgan fingerprint density at radius 1 is 1.15 bits per heavy atom.